The van der Waals surface area contributed by atoms with Crippen molar-refractivity contribution in [1.82, 2.24) is 9.97 Å². The summed E-state index contributed by atoms with van der Waals surface area (Å²) in [4.78, 5) is 19.0. The number of nitrogens with one attached hydrogen (secondary N) is 1. The van der Waals surface area contributed by atoms with Crippen LogP contribution in [0.1, 0.15) is 12.8 Å². The first-order valence-corrected chi connectivity index (χ1v) is 5.51. The number of rotatable bonds is 8. The van der Waals surface area contributed by atoms with E-state index in [4.69, 9.17) is 14.6 Å². The van der Waals surface area contributed by atoms with E-state index in [0.717, 1.165) is 0 Å². The Hall–Kier alpha value is -1.89. The van der Waals surface area contributed by atoms with Gasteiger partial charge in [-0.25, -0.2) is 4.79 Å². The van der Waals surface area contributed by atoms with Crippen LogP contribution in [0.4, 0.5) is 5.82 Å². The Morgan fingerprint density at radius 2 is 2.28 bits per heavy atom. The van der Waals surface area contributed by atoms with Gasteiger partial charge in [0, 0.05) is 13.7 Å². The maximum atomic E-state index is 11.1. The molecule has 0 aromatic carbocycles. The summed E-state index contributed by atoms with van der Waals surface area (Å²) in [6.45, 7) is 0.523. The number of anilines is 1. The lowest BCUT2D eigenvalue weighted by Gasteiger charge is -2.14. The fraction of sp³-hybridized carbons (Fsp3) is 0.545. The molecule has 1 unspecified atom stereocenters. The minimum atomic E-state index is -0.935. The van der Waals surface area contributed by atoms with Crippen LogP contribution in [0.5, 0.6) is 5.88 Å². The Balaban J connectivity index is 2.61. The second kappa shape index (κ2) is 7.44. The highest BCUT2D eigenvalue weighted by molar-refractivity contribution is 5.76. The van der Waals surface area contributed by atoms with Crippen molar-refractivity contribution in [3.8, 4) is 5.88 Å². The van der Waals surface area contributed by atoms with Crippen molar-refractivity contribution in [1.29, 1.82) is 0 Å². The van der Waals surface area contributed by atoms with Crippen LogP contribution >= 0.6 is 0 Å². The molecule has 0 radical (unpaired) electrons. The van der Waals surface area contributed by atoms with Crippen LogP contribution in [-0.4, -0.2) is 47.9 Å². The number of carboxylic acids is 1. The highest BCUT2D eigenvalue weighted by Gasteiger charge is 2.17. The van der Waals surface area contributed by atoms with E-state index in [2.05, 4.69) is 15.3 Å². The lowest BCUT2D eigenvalue weighted by atomic mass is 10.1. The molecule has 0 aliphatic carbocycles. The number of aromatic nitrogens is 2. The molecule has 0 saturated carbocycles. The van der Waals surface area contributed by atoms with Gasteiger partial charge in [0.15, 0.2) is 0 Å². The van der Waals surface area contributed by atoms with E-state index in [9.17, 15) is 4.79 Å². The minimum Gasteiger partial charge on any atom is -0.480 e. The number of hydrogen-bond acceptors (Lipinski definition) is 6. The van der Waals surface area contributed by atoms with Crippen LogP contribution in [0, 0.1) is 0 Å². The fourth-order valence-electron chi connectivity index (χ4n) is 1.38. The molecule has 1 aromatic rings. The lowest BCUT2D eigenvalue weighted by molar-refractivity contribution is -0.138. The van der Waals surface area contributed by atoms with Crippen molar-refractivity contribution in [3.63, 3.8) is 0 Å². The number of ether oxygens (including phenoxy) is 2. The first-order valence-electron chi connectivity index (χ1n) is 5.51. The standard InChI is InChI=1S/C11H17N3O4/c1-17-5-3-4-8(11(15)16)13-9-6-12-7-10(14-9)18-2/h6-8H,3-5H2,1-2H3,(H,13,14)(H,15,16). The van der Waals surface area contributed by atoms with Crippen LogP contribution in [0.15, 0.2) is 12.4 Å². The monoisotopic (exact) mass is 255 g/mol. The Morgan fingerprint density at radius 1 is 1.50 bits per heavy atom. The quantitative estimate of drug-likeness (QED) is 0.663. The maximum absolute atomic E-state index is 11.1. The van der Waals surface area contributed by atoms with Crippen molar-refractivity contribution >= 4 is 11.8 Å². The first kappa shape index (κ1) is 14.2. The number of aliphatic carboxylic acids is 1. The summed E-state index contributed by atoms with van der Waals surface area (Å²) < 4.78 is 9.80. The smallest absolute Gasteiger partial charge is 0.326 e. The number of carboxylic acid groups (broad SMARTS) is 1. The molecule has 1 aromatic heterocycles. The van der Waals surface area contributed by atoms with Crippen LogP contribution in [0.25, 0.3) is 0 Å². The molecule has 100 valence electrons. The molecule has 0 fully saturated rings. The molecular formula is C11H17N3O4. The second-order valence-corrected chi connectivity index (χ2v) is 3.62. The Bertz CT molecular complexity index is 386. The van der Waals surface area contributed by atoms with Gasteiger partial charge < -0.3 is 19.9 Å². The number of hydrogen-bond donors (Lipinski definition) is 2. The zero-order valence-corrected chi connectivity index (χ0v) is 10.4. The summed E-state index contributed by atoms with van der Waals surface area (Å²) >= 11 is 0. The average molecular weight is 255 g/mol. The molecule has 0 saturated heterocycles. The molecule has 1 rings (SSSR count). The van der Waals surface area contributed by atoms with Gasteiger partial charge in [-0.3, -0.25) is 4.98 Å². The SMILES string of the molecule is COCCCC(Nc1cncc(OC)n1)C(=O)O. The van der Waals surface area contributed by atoms with E-state index < -0.39 is 12.0 Å². The number of carbonyl (C=O) groups is 1. The molecule has 1 atom stereocenters. The molecule has 1 heterocycles. The summed E-state index contributed by atoms with van der Waals surface area (Å²) in [5.41, 5.74) is 0. The topological polar surface area (TPSA) is 93.6 Å². The lowest BCUT2D eigenvalue weighted by Crippen LogP contribution is -2.30. The molecule has 0 bridgehead atoms. The van der Waals surface area contributed by atoms with Crippen LogP contribution in [-0.2, 0) is 9.53 Å². The van der Waals surface area contributed by atoms with Gasteiger partial charge in [0.1, 0.15) is 11.9 Å². The van der Waals surface area contributed by atoms with Gasteiger partial charge >= 0.3 is 5.97 Å². The van der Waals surface area contributed by atoms with Crippen molar-refractivity contribution in [3.05, 3.63) is 12.4 Å². The Morgan fingerprint density at radius 3 is 2.89 bits per heavy atom. The van der Waals surface area contributed by atoms with Crippen LogP contribution in [0.2, 0.25) is 0 Å². The molecule has 0 aliphatic heterocycles. The zero-order chi connectivity index (χ0) is 13.4. The van der Waals surface area contributed by atoms with Gasteiger partial charge in [-0.05, 0) is 12.8 Å². The predicted octanol–water partition coefficient (Wildman–Crippen LogP) is 0.777. The summed E-state index contributed by atoms with van der Waals surface area (Å²) in [5, 5.41) is 11.9. The van der Waals surface area contributed by atoms with E-state index in [0.29, 0.717) is 31.1 Å². The van der Waals surface area contributed by atoms with Crippen molar-refractivity contribution in [2.24, 2.45) is 0 Å². The van der Waals surface area contributed by atoms with E-state index in [-0.39, 0.29) is 0 Å². The second-order valence-electron chi connectivity index (χ2n) is 3.62. The van der Waals surface area contributed by atoms with Crippen molar-refractivity contribution in [2.75, 3.05) is 26.1 Å². The maximum Gasteiger partial charge on any atom is 0.326 e. The van der Waals surface area contributed by atoms with Gasteiger partial charge in [0.05, 0.1) is 19.5 Å². The fourth-order valence-corrected chi connectivity index (χ4v) is 1.38. The van der Waals surface area contributed by atoms with E-state index >= 15 is 0 Å². The van der Waals surface area contributed by atoms with E-state index in [1.807, 2.05) is 0 Å². The minimum absolute atomic E-state index is 0.334. The third-order valence-corrected chi connectivity index (χ3v) is 2.28. The molecule has 0 spiro atoms. The van der Waals surface area contributed by atoms with Crippen molar-refractivity contribution < 1.29 is 19.4 Å². The van der Waals surface area contributed by atoms with Crippen LogP contribution in [0.3, 0.4) is 0 Å². The van der Waals surface area contributed by atoms with Gasteiger partial charge in [-0.1, -0.05) is 0 Å². The molecule has 7 heteroatoms. The Kier molecular flexibility index (Phi) is 5.86. The van der Waals surface area contributed by atoms with E-state index in [1.54, 1.807) is 7.11 Å². The molecule has 0 amide bonds. The normalized spacial score (nSPS) is 11.9. The number of methoxy groups -OCH3 is 2. The Labute approximate surface area is 105 Å². The summed E-state index contributed by atoms with van der Waals surface area (Å²) in [7, 11) is 3.05. The molecule has 2 N–H and O–H groups in total. The first-order chi connectivity index (χ1) is 8.67. The van der Waals surface area contributed by atoms with E-state index in [1.165, 1.54) is 19.5 Å². The van der Waals surface area contributed by atoms with Gasteiger partial charge in [0.2, 0.25) is 5.88 Å². The summed E-state index contributed by atoms with van der Waals surface area (Å²) in [5.74, 6) is -0.226. The average Bonchev–Trinajstić information content (AvgIpc) is 2.38. The molecule has 7 nitrogen and oxygen atoms in total. The molecular weight excluding hydrogens is 238 g/mol. The zero-order valence-electron chi connectivity index (χ0n) is 10.4. The molecule has 18 heavy (non-hydrogen) atoms. The van der Waals surface area contributed by atoms with Gasteiger partial charge in [-0.2, -0.15) is 4.98 Å². The van der Waals surface area contributed by atoms with Crippen molar-refractivity contribution in [2.45, 2.75) is 18.9 Å². The third kappa shape index (κ3) is 4.54. The van der Waals surface area contributed by atoms with Gasteiger partial charge in [0.25, 0.3) is 0 Å². The van der Waals surface area contributed by atoms with Gasteiger partial charge in [-0.15, -0.1) is 0 Å². The van der Waals surface area contributed by atoms with Crippen LogP contribution < -0.4 is 10.1 Å². The highest BCUT2D eigenvalue weighted by atomic mass is 16.5. The predicted molar refractivity (Wildman–Crippen MR) is 64.7 cm³/mol. The summed E-state index contributed by atoms with van der Waals surface area (Å²) in [6.07, 6.45) is 4.00. The largest absolute Gasteiger partial charge is 0.480 e. The summed E-state index contributed by atoms with van der Waals surface area (Å²) in [6, 6.07) is -0.721. The third-order valence-electron chi connectivity index (χ3n) is 2.28. The highest BCUT2D eigenvalue weighted by Crippen LogP contribution is 2.11. The molecule has 0 aliphatic rings. The number of nitrogens with zero attached hydrogens (tertiary/aromatic N) is 2.